The van der Waals surface area contributed by atoms with Crippen LogP contribution in [0.15, 0.2) is 6.20 Å². The van der Waals surface area contributed by atoms with Gasteiger partial charge in [0.15, 0.2) is 5.13 Å². The van der Waals surface area contributed by atoms with Crippen LogP contribution in [0, 0.1) is 11.3 Å². The first kappa shape index (κ1) is 6.05. The summed E-state index contributed by atoms with van der Waals surface area (Å²) in [4.78, 5) is 4.53. The molecule has 0 spiro atoms. The van der Waals surface area contributed by atoms with Crippen molar-refractivity contribution in [3.63, 3.8) is 0 Å². The van der Waals surface area contributed by atoms with Crippen molar-refractivity contribution < 1.29 is 0 Å². The third-order valence-corrected chi connectivity index (χ3v) is 1.75. The maximum Gasteiger partial charge on any atom is 0.183 e. The molecule has 0 aliphatic rings. The second-order valence-electron chi connectivity index (χ2n) is 1.39. The maximum absolute atomic E-state index is 8.34. The summed E-state index contributed by atoms with van der Waals surface area (Å²) in [6.07, 6.45) is 1.55. The van der Waals surface area contributed by atoms with E-state index in [1.165, 1.54) is 11.3 Å². The molecule has 0 fully saturated rings. The largest absolute Gasteiger partial charge is 0.365 e. The third-order valence-electron chi connectivity index (χ3n) is 0.830. The fourth-order valence-electron chi connectivity index (χ4n) is 0.441. The van der Waals surface area contributed by atoms with E-state index in [0.717, 1.165) is 5.13 Å². The van der Waals surface area contributed by atoms with Gasteiger partial charge in [0.05, 0.1) is 6.20 Å². The highest BCUT2D eigenvalue weighted by atomic mass is 32.1. The molecular weight excluding hydrogens is 134 g/mol. The molecule has 3 nitrogen and oxygen atoms in total. The summed E-state index contributed by atoms with van der Waals surface area (Å²) < 4.78 is 0. The summed E-state index contributed by atoms with van der Waals surface area (Å²) in [6, 6.07) is 2.00. The lowest BCUT2D eigenvalue weighted by Crippen LogP contribution is -1.83. The molecule has 4 heteroatoms. The lowest BCUT2D eigenvalue weighted by molar-refractivity contribution is 1.36. The Morgan fingerprint density at radius 3 is 3.00 bits per heavy atom. The van der Waals surface area contributed by atoms with Crippen molar-refractivity contribution in [3.8, 4) is 6.07 Å². The summed E-state index contributed by atoms with van der Waals surface area (Å²) in [5.41, 5.74) is 0. The topological polar surface area (TPSA) is 48.7 Å². The van der Waals surface area contributed by atoms with Crippen LogP contribution in [-0.2, 0) is 0 Å². The van der Waals surface area contributed by atoms with E-state index in [1.54, 1.807) is 13.2 Å². The van der Waals surface area contributed by atoms with Gasteiger partial charge in [-0.3, -0.25) is 0 Å². The summed E-state index contributed by atoms with van der Waals surface area (Å²) in [7, 11) is 1.78. The van der Waals surface area contributed by atoms with Gasteiger partial charge in [0.25, 0.3) is 0 Å². The van der Waals surface area contributed by atoms with Crippen LogP contribution in [0.4, 0.5) is 5.13 Å². The van der Waals surface area contributed by atoms with Crippen molar-refractivity contribution in [1.29, 1.82) is 5.26 Å². The van der Waals surface area contributed by atoms with Crippen molar-refractivity contribution in [2.45, 2.75) is 0 Å². The van der Waals surface area contributed by atoms with Crippen molar-refractivity contribution in [2.24, 2.45) is 0 Å². The van der Waals surface area contributed by atoms with Gasteiger partial charge < -0.3 is 5.32 Å². The van der Waals surface area contributed by atoms with Crippen LogP contribution in [0.5, 0.6) is 0 Å². The van der Waals surface area contributed by atoms with E-state index < -0.39 is 0 Å². The molecule has 1 aromatic rings. The molecule has 0 aromatic carbocycles. The lowest BCUT2D eigenvalue weighted by atomic mass is 10.6. The van der Waals surface area contributed by atoms with E-state index in [9.17, 15) is 0 Å². The summed E-state index contributed by atoms with van der Waals surface area (Å²) in [5, 5.41) is 12.0. The first-order chi connectivity index (χ1) is 4.36. The molecule has 0 saturated carbocycles. The van der Waals surface area contributed by atoms with E-state index in [2.05, 4.69) is 10.3 Å². The van der Waals surface area contributed by atoms with Crippen molar-refractivity contribution in [1.82, 2.24) is 4.98 Å². The van der Waals surface area contributed by atoms with Crippen LogP contribution < -0.4 is 5.32 Å². The molecular formula is C5H5N3S. The minimum absolute atomic E-state index is 0.638. The van der Waals surface area contributed by atoms with Gasteiger partial charge in [0, 0.05) is 7.05 Å². The van der Waals surface area contributed by atoms with Crippen LogP contribution in [0.1, 0.15) is 4.88 Å². The number of nitrogens with one attached hydrogen (secondary N) is 1. The molecule has 0 bridgehead atoms. The third kappa shape index (κ3) is 1.18. The number of nitrogens with zero attached hydrogens (tertiary/aromatic N) is 2. The van der Waals surface area contributed by atoms with E-state index in [4.69, 9.17) is 5.26 Å². The predicted octanol–water partition coefficient (Wildman–Crippen LogP) is 1.06. The second-order valence-corrected chi connectivity index (χ2v) is 2.42. The first-order valence-corrected chi connectivity index (χ1v) is 3.22. The summed E-state index contributed by atoms with van der Waals surface area (Å²) in [5.74, 6) is 0. The van der Waals surface area contributed by atoms with Gasteiger partial charge >= 0.3 is 0 Å². The Morgan fingerprint density at radius 2 is 2.67 bits per heavy atom. The number of hydrogen-bond acceptors (Lipinski definition) is 4. The Bertz CT molecular complexity index is 235. The fraction of sp³-hybridized carbons (Fsp3) is 0.200. The predicted molar refractivity (Wildman–Crippen MR) is 36.4 cm³/mol. The number of nitriles is 1. The molecule has 1 rings (SSSR count). The minimum atomic E-state index is 0.638. The molecule has 0 aliphatic heterocycles. The van der Waals surface area contributed by atoms with Gasteiger partial charge in [-0.15, -0.1) is 0 Å². The van der Waals surface area contributed by atoms with Crippen LogP contribution in [0.25, 0.3) is 0 Å². The maximum atomic E-state index is 8.34. The summed E-state index contributed by atoms with van der Waals surface area (Å²) in [6.45, 7) is 0. The van der Waals surface area contributed by atoms with Gasteiger partial charge in [0.1, 0.15) is 10.9 Å². The Kier molecular flexibility index (Phi) is 1.66. The lowest BCUT2D eigenvalue weighted by Gasteiger charge is -1.84. The molecule has 0 atom stereocenters. The number of aromatic nitrogens is 1. The van der Waals surface area contributed by atoms with E-state index in [-0.39, 0.29) is 0 Å². The van der Waals surface area contributed by atoms with Crippen molar-refractivity contribution >= 4 is 16.5 Å². The van der Waals surface area contributed by atoms with Gasteiger partial charge in [-0.1, -0.05) is 11.3 Å². The highest BCUT2D eigenvalue weighted by molar-refractivity contribution is 7.16. The van der Waals surface area contributed by atoms with E-state index in [1.807, 2.05) is 6.07 Å². The Labute approximate surface area is 57.0 Å². The Morgan fingerprint density at radius 1 is 1.89 bits per heavy atom. The van der Waals surface area contributed by atoms with Gasteiger partial charge in [-0.25, -0.2) is 4.98 Å². The van der Waals surface area contributed by atoms with Crippen molar-refractivity contribution in [2.75, 3.05) is 12.4 Å². The number of anilines is 1. The first-order valence-electron chi connectivity index (χ1n) is 2.40. The zero-order valence-electron chi connectivity index (χ0n) is 4.88. The molecule has 46 valence electrons. The zero-order chi connectivity index (χ0) is 6.69. The molecule has 1 heterocycles. The molecule has 0 unspecified atom stereocenters. The highest BCUT2D eigenvalue weighted by Crippen LogP contribution is 2.15. The number of thiazole rings is 1. The number of hydrogen-bond donors (Lipinski definition) is 1. The molecule has 0 radical (unpaired) electrons. The van der Waals surface area contributed by atoms with Crippen LogP contribution in [0.2, 0.25) is 0 Å². The standard InChI is InChI=1S/C5H5N3S/c1-7-5-8-3-4(2-6)9-5/h3H,1H3,(H,7,8). The molecule has 0 amide bonds. The SMILES string of the molecule is CNc1ncc(C#N)s1. The van der Waals surface area contributed by atoms with Crippen LogP contribution in [0.3, 0.4) is 0 Å². The Balaban J connectivity index is 2.90. The minimum Gasteiger partial charge on any atom is -0.365 e. The normalized spacial score (nSPS) is 8.44. The van der Waals surface area contributed by atoms with E-state index in [0.29, 0.717) is 4.88 Å². The highest BCUT2D eigenvalue weighted by Gasteiger charge is 1.95. The number of rotatable bonds is 1. The van der Waals surface area contributed by atoms with E-state index >= 15 is 0 Å². The smallest absolute Gasteiger partial charge is 0.183 e. The Hall–Kier alpha value is -1.08. The van der Waals surface area contributed by atoms with Crippen LogP contribution >= 0.6 is 11.3 Å². The average molecular weight is 139 g/mol. The van der Waals surface area contributed by atoms with Crippen molar-refractivity contribution in [3.05, 3.63) is 11.1 Å². The molecule has 1 N–H and O–H groups in total. The second kappa shape index (κ2) is 2.46. The van der Waals surface area contributed by atoms with Gasteiger partial charge in [-0.2, -0.15) is 5.26 Å². The average Bonchev–Trinajstić information content (AvgIpc) is 2.34. The molecule has 0 saturated heterocycles. The quantitative estimate of drug-likeness (QED) is 0.632. The van der Waals surface area contributed by atoms with Gasteiger partial charge in [-0.05, 0) is 0 Å². The monoisotopic (exact) mass is 139 g/mol. The summed E-state index contributed by atoms with van der Waals surface area (Å²) >= 11 is 1.35. The molecule has 9 heavy (non-hydrogen) atoms. The molecule has 1 aromatic heterocycles. The van der Waals surface area contributed by atoms with Gasteiger partial charge in [0.2, 0.25) is 0 Å². The zero-order valence-corrected chi connectivity index (χ0v) is 5.70. The fourth-order valence-corrected chi connectivity index (χ4v) is 1.01. The van der Waals surface area contributed by atoms with Crippen LogP contribution in [-0.4, -0.2) is 12.0 Å². The molecule has 0 aliphatic carbocycles.